The van der Waals surface area contributed by atoms with Crippen LogP contribution in [0.2, 0.25) is 5.15 Å². The summed E-state index contributed by atoms with van der Waals surface area (Å²) in [6.45, 7) is 4.62. The molecule has 1 heterocycles. The lowest BCUT2D eigenvalue weighted by atomic mass is 9.81. The van der Waals surface area contributed by atoms with E-state index in [1.54, 1.807) is 0 Å². The Morgan fingerprint density at radius 3 is 2.33 bits per heavy atom. The van der Waals surface area contributed by atoms with Crippen LogP contribution in [0.3, 0.4) is 0 Å². The van der Waals surface area contributed by atoms with Gasteiger partial charge in [-0.15, -0.1) is 0 Å². The first kappa shape index (κ1) is 17.0. The average molecular weight is 435 g/mol. The van der Waals surface area contributed by atoms with Gasteiger partial charge in [-0.3, -0.25) is 0 Å². The van der Waals surface area contributed by atoms with E-state index in [-0.39, 0.29) is 5.41 Å². The molecule has 0 bridgehead atoms. The topological polar surface area (TPSA) is 12.9 Å². The number of nitrogens with zero attached hydrogens (tertiary/aromatic N) is 1. The van der Waals surface area contributed by atoms with Crippen LogP contribution in [0.15, 0.2) is 71.3 Å². The van der Waals surface area contributed by atoms with Gasteiger partial charge in [-0.2, -0.15) is 0 Å². The zero-order valence-electron chi connectivity index (χ0n) is 15.1. The summed E-state index contributed by atoms with van der Waals surface area (Å²) in [7, 11) is 0. The Bertz CT molecular complexity index is 1210. The van der Waals surface area contributed by atoms with Gasteiger partial charge in [0.15, 0.2) is 0 Å². The maximum absolute atomic E-state index is 5.95. The van der Waals surface area contributed by atoms with Gasteiger partial charge in [0.2, 0.25) is 0 Å². The van der Waals surface area contributed by atoms with Gasteiger partial charge >= 0.3 is 0 Å². The van der Waals surface area contributed by atoms with E-state index >= 15 is 0 Å². The summed E-state index contributed by atoms with van der Waals surface area (Å²) in [5.74, 6) is 0. The van der Waals surface area contributed by atoms with E-state index < -0.39 is 0 Å². The highest BCUT2D eigenvalue weighted by molar-refractivity contribution is 9.10. The van der Waals surface area contributed by atoms with E-state index in [4.69, 9.17) is 11.6 Å². The van der Waals surface area contributed by atoms with Crippen molar-refractivity contribution in [2.24, 2.45) is 0 Å². The third-order valence-electron chi connectivity index (χ3n) is 5.69. The third-order valence-corrected chi connectivity index (χ3v) is 6.57. The van der Waals surface area contributed by atoms with Gasteiger partial charge in [-0.05, 0) is 62.9 Å². The van der Waals surface area contributed by atoms with E-state index in [1.165, 1.54) is 38.6 Å². The van der Waals surface area contributed by atoms with Crippen LogP contribution in [0.1, 0.15) is 25.0 Å². The Hall–Kier alpha value is -2.16. The minimum absolute atomic E-state index is 0.0624. The molecule has 0 N–H and O–H groups in total. The molecular formula is C24H17BrClN. The molecule has 132 valence electrons. The molecular weight excluding hydrogens is 418 g/mol. The fourth-order valence-corrected chi connectivity index (χ4v) is 4.95. The Kier molecular flexibility index (Phi) is 3.72. The van der Waals surface area contributed by atoms with Crippen molar-refractivity contribution >= 4 is 38.3 Å². The fraction of sp³-hybridized carbons (Fsp3) is 0.125. The molecule has 5 rings (SSSR count). The SMILES string of the molecule is CC1(C)c2cc(-c3ccc(Cl)nc3)ccc2-c2c1cc(Br)c1ccccc21. The molecule has 1 aliphatic carbocycles. The zero-order chi connectivity index (χ0) is 18.8. The smallest absolute Gasteiger partial charge is 0.129 e. The number of hydrogen-bond donors (Lipinski definition) is 0. The van der Waals surface area contributed by atoms with E-state index in [1.807, 2.05) is 18.3 Å². The molecule has 0 saturated carbocycles. The predicted molar refractivity (Wildman–Crippen MR) is 117 cm³/mol. The monoisotopic (exact) mass is 433 g/mol. The van der Waals surface area contributed by atoms with Crippen LogP contribution in [-0.2, 0) is 5.41 Å². The summed E-state index contributed by atoms with van der Waals surface area (Å²) in [6, 6.07) is 21.5. The lowest BCUT2D eigenvalue weighted by molar-refractivity contribution is 0.660. The van der Waals surface area contributed by atoms with Crippen LogP contribution < -0.4 is 0 Å². The second kappa shape index (κ2) is 5.92. The molecule has 3 heteroatoms. The van der Waals surface area contributed by atoms with Gasteiger partial charge in [0.05, 0.1) is 0 Å². The lowest BCUT2D eigenvalue weighted by Crippen LogP contribution is -2.15. The highest BCUT2D eigenvalue weighted by atomic mass is 79.9. The molecule has 1 aromatic heterocycles. The molecule has 1 aliphatic rings. The van der Waals surface area contributed by atoms with Gasteiger partial charge in [0.25, 0.3) is 0 Å². The summed E-state index contributed by atoms with van der Waals surface area (Å²) < 4.78 is 1.15. The summed E-state index contributed by atoms with van der Waals surface area (Å²) in [6.07, 6.45) is 1.84. The van der Waals surface area contributed by atoms with Crippen molar-refractivity contribution in [2.45, 2.75) is 19.3 Å². The maximum Gasteiger partial charge on any atom is 0.129 e. The number of benzene rings is 3. The molecule has 0 spiro atoms. The van der Waals surface area contributed by atoms with Crippen molar-refractivity contribution in [3.8, 4) is 22.3 Å². The standard InChI is InChI=1S/C24H17BrClN/c1-24(2)19-11-14(15-8-10-22(26)27-13-15)7-9-18(19)23-17-6-4-3-5-16(17)21(25)12-20(23)24/h3-13H,1-2H3. The average Bonchev–Trinajstić information content (AvgIpc) is 2.90. The van der Waals surface area contributed by atoms with Crippen LogP contribution in [0.5, 0.6) is 0 Å². The summed E-state index contributed by atoms with van der Waals surface area (Å²) in [4.78, 5) is 4.24. The maximum atomic E-state index is 5.95. The van der Waals surface area contributed by atoms with Crippen molar-refractivity contribution < 1.29 is 0 Å². The first-order valence-corrected chi connectivity index (χ1v) is 10.1. The minimum atomic E-state index is -0.0624. The van der Waals surface area contributed by atoms with Crippen molar-refractivity contribution in [2.75, 3.05) is 0 Å². The van der Waals surface area contributed by atoms with Crippen molar-refractivity contribution in [3.05, 3.63) is 87.6 Å². The molecule has 0 saturated heterocycles. The Balaban J connectivity index is 1.79. The predicted octanol–water partition coefficient (Wildman–Crippen LogP) is 7.62. The van der Waals surface area contributed by atoms with Crippen LogP contribution in [0, 0.1) is 0 Å². The molecule has 0 aliphatic heterocycles. The molecule has 1 nitrogen and oxygen atoms in total. The van der Waals surface area contributed by atoms with Crippen molar-refractivity contribution in [1.29, 1.82) is 0 Å². The van der Waals surface area contributed by atoms with E-state index in [0.29, 0.717) is 5.15 Å². The van der Waals surface area contributed by atoms with Gasteiger partial charge in [-0.1, -0.05) is 77.8 Å². The minimum Gasteiger partial charge on any atom is -0.244 e. The van der Waals surface area contributed by atoms with E-state index in [2.05, 4.69) is 83.3 Å². The molecule has 0 atom stereocenters. The van der Waals surface area contributed by atoms with Crippen LogP contribution in [0.4, 0.5) is 0 Å². The number of hydrogen-bond acceptors (Lipinski definition) is 1. The van der Waals surface area contributed by atoms with Gasteiger partial charge in [0.1, 0.15) is 5.15 Å². The van der Waals surface area contributed by atoms with Gasteiger partial charge in [-0.25, -0.2) is 4.98 Å². The Morgan fingerprint density at radius 1 is 0.852 bits per heavy atom. The van der Waals surface area contributed by atoms with Gasteiger partial charge < -0.3 is 0 Å². The summed E-state index contributed by atoms with van der Waals surface area (Å²) in [5.41, 5.74) is 7.59. The number of fused-ring (bicyclic) bond motifs is 5. The Labute approximate surface area is 172 Å². The first-order chi connectivity index (χ1) is 13.0. The second-order valence-electron chi connectivity index (χ2n) is 7.58. The molecule has 3 aromatic carbocycles. The highest BCUT2D eigenvalue weighted by Crippen LogP contribution is 2.53. The molecule has 0 radical (unpaired) electrons. The van der Waals surface area contributed by atoms with Crippen LogP contribution >= 0.6 is 27.5 Å². The normalized spacial score (nSPS) is 14.2. The molecule has 0 fully saturated rings. The van der Waals surface area contributed by atoms with E-state index in [9.17, 15) is 0 Å². The van der Waals surface area contributed by atoms with Gasteiger partial charge in [0, 0.05) is 21.6 Å². The van der Waals surface area contributed by atoms with Crippen LogP contribution in [0.25, 0.3) is 33.0 Å². The molecule has 0 unspecified atom stereocenters. The highest BCUT2D eigenvalue weighted by Gasteiger charge is 2.37. The first-order valence-electron chi connectivity index (χ1n) is 8.95. The van der Waals surface area contributed by atoms with Crippen molar-refractivity contribution in [1.82, 2.24) is 4.98 Å². The zero-order valence-corrected chi connectivity index (χ0v) is 17.4. The summed E-state index contributed by atoms with van der Waals surface area (Å²) >= 11 is 9.74. The van der Waals surface area contributed by atoms with Crippen LogP contribution in [-0.4, -0.2) is 4.98 Å². The Morgan fingerprint density at radius 2 is 1.59 bits per heavy atom. The quantitative estimate of drug-likeness (QED) is 0.281. The lowest BCUT2D eigenvalue weighted by Gasteiger charge is -2.22. The number of aromatic nitrogens is 1. The number of pyridine rings is 1. The summed E-state index contributed by atoms with van der Waals surface area (Å²) in [5, 5.41) is 3.07. The molecule has 27 heavy (non-hydrogen) atoms. The second-order valence-corrected chi connectivity index (χ2v) is 8.82. The fourth-order valence-electron chi connectivity index (χ4n) is 4.26. The number of rotatable bonds is 1. The number of halogens is 2. The molecule has 0 amide bonds. The largest absolute Gasteiger partial charge is 0.244 e. The van der Waals surface area contributed by atoms with E-state index in [0.717, 1.165) is 10.0 Å². The van der Waals surface area contributed by atoms with Crippen molar-refractivity contribution in [3.63, 3.8) is 0 Å². The molecule has 4 aromatic rings. The third kappa shape index (κ3) is 2.47.